The van der Waals surface area contributed by atoms with Gasteiger partial charge in [-0.05, 0) is 25.0 Å². The molecule has 1 saturated carbocycles. The number of carboxylic acid groups (broad SMARTS) is 1. The summed E-state index contributed by atoms with van der Waals surface area (Å²) in [4.78, 5) is 21.9. The van der Waals surface area contributed by atoms with E-state index in [0.717, 1.165) is 19.3 Å². The Balaban J connectivity index is 2.13. The van der Waals surface area contributed by atoms with E-state index in [4.69, 9.17) is 4.74 Å². The minimum absolute atomic E-state index is 0.0530. The van der Waals surface area contributed by atoms with Crippen molar-refractivity contribution in [3.8, 4) is 11.4 Å². The Hall–Kier alpha value is -2.97. The van der Waals surface area contributed by atoms with E-state index in [1.807, 2.05) is 0 Å². The topological polar surface area (TPSA) is 120 Å². The molecule has 3 rings (SSSR count). The van der Waals surface area contributed by atoms with E-state index in [9.17, 15) is 20.0 Å². The number of hydrogen-bond acceptors (Lipinski definition) is 6. The molecule has 0 unspecified atom stereocenters. The van der Waals surface area contributed by atoms with Crippen LogP contribution < -0.4 is 4.74 Å². The first-order valence-corrected chi connectivity index (χ1v) is 7.04. The molecule has 0 spiro atoms. The maximum atomic E-state index is 11.3. The van der Waals surface area contributed by atoms with Crippen molar-refractivity contribution in [3.63, 3.8) is 0 Å². The zero-order chi connectivity index (χ0) is 16.6. The van der Waals surface area contributed by atoms with Crippen LogP contribution in [-0.4, -0.2) is 38.1 Å². The fourth-order valence-corrected chi connectivity index (χ4v) is 2.63. The fourth-order valence-electron chi connectivity index (χ4n) is 2.63. The smallest absolute Gasteiger partial charge is 0.358 e. The van der Waals surface area contributed by atoms with Crippen LogP contribution in [0, 0.1) is 10.1 Å². The summed E-state index contributed by atoms with van der Waals surface area (Å²) in [7, 11) is 1.35. The van der Waals surface area contributed by atoms with E-state index in [-0.39, 0.29) is 23.0 Å². The molecule has 1 heterocycles. The number of benzene rings is 1. The highest BCUT2D eigenvalue weighted by atomic mass is 16.6. The van der Waals surface area contributed by atoms with Crippen LogP contribution in [0.15, 0.2) is 18.2 Å². The largest absolute Gasteiger partial charge is 0.490 e. The summed E-state index contributed by atoms with van der Waals surface area (Å²) >= 11 is 0. The molecule has 0 bridgehead atoms. The molecule has 1 aliphatic carbocycles. The Morgan fingerprint density at radius 2 is 2.22 bits per heavy atom. The first-order valence-electron chi connectivity index (χ1n) is 7.04. The Bertz CT molecular complexity index is 781. The molecule has 1 aromatic carbocycles. The monoisotopic (exact) mass is 318 g/mol. The number of methoxy groups -OCH3 is 1. The third-order valence-corrected chi connectivity index (χ3v) is 4.00. The first-order chi connectivity index (χ1) is 11.0. The molecule has 120 valence electrons. The van der Waals surface area contributed by atoms with Gasteiger partial charge in [-0.3, -0.25) is 10.1 Å². The number of aromatic nitrogens is 3. The van der Waals surface area contributed by atoms with Gasteiger partial charge in [-0.25, -0.2) is 9.48 Å². The molecule has 0 amide bonds. The molecule has 1 fully saturated rings. The van der Waals surface area contributed by atoms with Crippen LogP contribution in [0.4, 0.5) is 5.69 Å². The van der Waals surface area contributed by atoms with Gasteiger partial charge in [0.2, 0.25) is 0 Å². The molecular formula is C14H14N4O5. The van der Waals surface area contributed by atoms with Crippen LogP contribution in [-0.2, 0) is 0 Å². The average Bonchev–Trinajstić information content (AvgIpc) is 2.89. The number of nitro benzene ring substituents is 1. The summed E-state index contributed by atoms with van der Waals surface area (Å²) < 4.78 is 6.34. The van der Waals surface area contributed by atoms with E-state index in [0.29, 0.717) is 11.4 Å². The molecule has 1 aromatic heterocycles. The summed E-state index contributed by atoms with van der Waals surface area (Å²) in [6.07, 6.45) is 2.72. The number of nitro groups is 1. The fraction of sp³-hybridized carbons (Fsp3) is 0.357. The molecule has 0 atom stereocenters. The predicted molar refractivity (Wildman–Crippen MR) is 78.1 cm³/mol. The highest BCUT2D eigenvalue weighted by Gasteiger charge is 2.31. The number of nitrogens with zero attached hydrogens (tertiary/aromatic N) is 4. The van der Waals surface area contributed by atoms with Gasteiger partial charge >= 0.3 is 11.7 Å². The van der Waals surface area contributed by atoms with Crippen molar-refractivity contribution in [2.24, 2.45) is 0 Å². The third-order valence-electron chi connectivity index (χ3n) is 4.00. The lowest BCUT2D eigenvalue weighted by molar-refractivity contribution is -0.385. The zero-order valence-corrected chi connectivity index (χ0v) is 12.3. The van der Waals surface area contributed by atoms with Crippen molar-refractivity contribution in [1.82, 2.24) is 15.0 Å². The first kappa shape index (κ1) is 14.9. The number of ether oxygens (including phenoxy) is 1. The van der Waals surface area contributed by atoms with Gasteiger partial charge in [0, 0.05) is 12.0 Å². The number of hydrogen-bond donors (Lipinski definition) is 1. The average molecular weight is 318 g/mol. The Morgan fingerprint density at radius 3 is 2.74 bits per heavy atom. The van der Waals surface area contributed by atoms with Crippen LogP contribution in [0.5, 0.6) is 5.75 Å². The molecule has 2 aromatic rings. The van der Waals surface area contributed by atoms with Crippen molar-refractivity contribution in [1.29, 1.82) is 0 Å². The maximum absolute atomic E-state index is 11.3. The van der Waals surface area contributed by atoms with Crippen molar-refractivity contribution in [2.45, 2.75) is 25.2 Å². The van der Waals surface area contributed by atoms with Crippen LogP contribution in [0.25, 0.3) is 5.69 Å². The van der Waals surface area contributed by atoms with E-state index in [2.05, 4.69) is 10.3 Å². The van der Waals surface area contributed by atoms with Gasteiger partial charge in [0.15, 0.2) is 11.4 Å². The van der Waals surface area contributed by atoms with Gasteiger partial charge in [-0.15, -0.1) is 5.10 Å². The van der Waals surface area contributed by atoms with Gasteiger partial charge in [0.25, 0.3) is 0 Å². The number of rotatable bonds is 5. The van der Waals surface area contributed by atoms with Crippen molar-refractivity contribution in [2.75, 3.05) is 7.11 Å². The highest BCUT2D eigenvalue weighted by molar-refractivity contribution is 5.87. The van der Waals surface area contributed by atoms with Crippen LogP contribution in [0.1, 0.15) is 41.4 Å². The van der Waals surface area contributed by atoms with E-state index in [1.165, 1.54) is 23.9 Å². The second kappa shape index (κ2) is 5.67. The van der Waals surface area contributed by atoms with Crippen molar-refractivity contribution >= 4 is 11.7 Å². The Morgan fingerprint density at radius 1 is 1.48 bits per heavy atom. The van der Waals surface area contributed by atoms with Crippen LogP contribution >= 0.6 is 0 Å². The third kappa shape index (κ3) is 2.50. The Labute approximate surface area is 130 Å². The Kier molecular flexibility index (Phi) is 3.68. The molecule has 0 saturated heterocycles. The number of carbonyl (C=O) groups is 1. The van der Waals surface area contributed by atoms with Crippen molar-refractivity contribution < 1.29 is 19.6 Å². The van der Waals surface area contributed by atoms with E-state index in [1.54, 1.807) is 6.07 Å². The van der Waals surface area contributed by atoms with E-state index < -0.39 is 10.9 Å². The van der Waals surface area contributed by atoms with Gasteiger partial charge in [-0.2, -0.15) is 0 Å². The summed E-state index contributed by atoms with van der Waals surface area (Å²) in [5, 5.41) is 28.0. The summed E-state index contributed by atoms with van der Waals surface area (Å²) in [6.45, 7) is 0. The normalized spacial score (nSPS) is 14.3. The molecule has 1 aliphatic rings. The quantitative estimate of drug-likeness (QED) is 0.662. The molecule has 9 heteroatoms. The lowest BCUT2D eigenvalue weighted by Gasteiger charge is -2.26. The summed E-state index contributed by atoms with van der Waals surface area (Å²) in [5.74, 6) is -0.971. The lowest BCUT2D eigenvalue weighted by Crippen LogP contribution is -2.17. The van der Waals surface area contributed by atoms with Crippen LogP contribution in [0.3, 0.4) is 0 Å². The second-order valence-corrected chi connectivity index (χ2v) is 5.28. The molecule has 9 nitrogen and oxygen atoms in total. The number of aromatic carboxylic acids is 1. The maximum Gasteiger partial charge on any atom is 0.358 e. The highest BCUT2D eigenvalue weighted by Crippen LogP contribution is 2.39. The minimum Gasteiger partial charge on any atom is -0.490 e. The van der Waals surface area contributed by atoms with Gasteiger partial charge in [0.1, 0.15) is 0 Å². The van der Waals surface area contributed by atoms with Crippen LogP contribution in [0.2, 0.25) is 0 Å². The van der Waals surface area contributed by atoms with E-state index >= 15 is 0 Å². The molecular weight excluding hydrogens is 304 g/mol. The second-order valence-electron chi connectivity index (χ2n) is 5.28. The van der Waals surface area contributed by atoms with Gasteiger partial charge in [-0.1, -0.05) is 11.6 Å². The van der Waals surface area contributed by atoms with Gasteiger partial charge in [0.05, 0.1) is 23.4 Å². The molecule has 23 heavy (non-hydrogen) atoms. The molecule has 0 radical (unpaired) electrons. The number of carboxylic acids is 1. The minimum atomic E-state index is -1.15. The zero-order valence-electron chi connectivity index (χ0n) is 12.3. The SMILES string of the molecule is COc1ccc(-n2nnc(C(=O)O)c2C2CCC2)cc1[N+](=O)[O-]. The summed E-state index contributed by atoms with van der Waals surface area (Å²) in [5.41, 5.74) is 0.563. The molecule has 1 N–H and O–H groups in total. The standard InChI is InChI=1S/C14H14N4O5/c1-23-11-6-5-9(7-10(11)18(21)22)17-13(8-3-2-4-8)12(14(19)20)15-16-17/h5-8H,2-4H2,1H3,(H,19,20). The molecule has 0 aliphatic heterocycles. The van der Waals surface area contributed by atoms with Crippen molar-refractivity contribution in [3.05, 3.63) is 39.7 Å². The van der Waals surface area contributed by atoms with Gasteiger partial charge < -0.3 is 9.84 Å². The summed E-state index contributed by atoms with van der Waals surface area (Å²) in [6, 6.07) is 4.36. The predicted octanol–water partition coefficient (Wildman–Crippen LogP) is 2.15. The lowest BCUT2D eigenvalue weighted by atomic mass is 9.82.